The van der Waals surface area contributed by atoms with Gasteiger partial charge in [-0.2, -0.15) is 0 Å². The standard InChI is InChI=1S/C20H23N3OS2/c1-12(2)14-6-8-15(9-7-14)17-13(3)26-20-18(17)19(22-11-23-20)25-10-4-5-16(21)24/h6-9,11-12H,4-5,10H2,1-3H3,(H2,21,24). The first-order valence-corrected chi connectivity index (χ1v) is 10.5. The first kappa shape index (κ1) is 18.9. The molecule has 136 valence electrons. The lowest BCUT2D eigenvalue weighted by atomic mass is 9.98. The topological polar surface area (TPSA) is 68.9 Å². The van der Waals surface area contributed by atoms with Crippen LogP contribution < -0.4 is 5.73 Å². The van der Waals surface area contributed by atoms with E-state index in [0.717, 1.165) is 27.4 Å². The number of benzene rings is 1. The van der Waals surface area contributed by atoms with E-state index < -0.39 is 0 Å². The minimum absolute atomic E-state index is 0.254. The second-order valence-electron chi connectivity index (χ2n) is 6.59. The van der Waals surface area contributed by atoms with Gasteiger partial charge < -0.3 is 5.73 Å². The number of amides is 1. The fourth-order valence-corrected chi connectivity index (χ4v) is 4.95. The summed E-state index contributed by atoms with van der Waals surface area (Å²) in [7, 11) is 0. The molecule has 0 saturated carbocycles. The Hall–Kier alpha value is -1.92. The molecule has 0 bridgehead atoms. The molecule has 0 aliphatic rings. The largest absolute Gasteiger partial charge is 0.370 e. The third-order valence-electron chi connectivity index (χ3n) is 4.30. The number of carbonyl (C=O) groups is 1. The van der Waals surface area contributed by atoms with Gasteiger partial charge in [0.25, 0.3) is 0 Å². The van der Waals surface area contributed by atoms with Gasteiger partial charge in [-0.1, -0.05) is 38.1 Å². The molecule has 0 aliphatic carbocycles. The first-order chi connectivity index (χ1) is 12.5. The fourth-order valence-electron chi connectivity index (χ4n) is 2.92. The van der Waals surface area contributed by atoms with Crippen LogP contribution in [0.15, 0.2) is 35.6 Å². The maximum absolute atomic E-state index is 10.9. The number of aromatic nitrogens is 2. The predicted molar refractivity (Wildman–Crippen MR) is 111 cm³/mol. The van der Waals surface area contributed by atoms with Crippen LogP contribution in [0.2, 0.25) is 0 Å². The van der Waals surface area contributed by atoms with E-state index in [1.165, 1.54) is 21.6 Å². The van der Waals surface area contributed by atoms with E-state index in [1.54, 1.807) is 29.4 Å². The molecule has 2 N–H and O–H groups in total. The summed E-state index contributed by atoms with van der Waals surface area (Å²) < 4.78 is 0. The number of hydrogen-bond donors (Lipinski definition) is 1. The summed E-state index contributed by atoms with van der Waals surface area (Å²) >= 11 is 3.37. The predicted octanol–water partition coefficient (Wildman–Crippen LogP) is 5.15. The number of carbonyl (C=O) groups excluding carboxylic acids is 1. The lowest BCUT2D eigenvalue weighted by molar-refractivity contribution is -0.118. The molecule has 2 heterocycles. The maximum Gasteiger partial charge on any atom is 0.217 e. The van der Waals surface area contributed by atoms with Crippen molar-refractivity contribution in [2.45, 2.75) is 44.6 Å². The first-order valence-electron chi connectivity index (χ1n) is 8.73. The molecule has 0 saturated heterocycles. The van der Waals surface area contributed by atoms with Crippen molar-refractivity contribution in [1.82, 2.24) is 9.97 Å². The molecule has 0 spiro atoms. The molecule has 2 aromatic heterocycles. The molecular formula is C20H23N3OS2. The third-order valence-corrected chi connectivity index (χ3v) is 6.39. The average molecular weight is 386 g/mol. The van der Waals surface area contributed by atoms with E-state index in [-0.39, 0.29) is 5.91 Å². The van der Waals surface area contributed by atoms with Gasteiger partial charge in [-0.25, -0.2) is 9.97 Å². The van der Waals surface area contributed by atoms with Gasteiger partial charge in [-0.3, -0.25) is 4.79 Å². The summed E-state index contributed by atoms with van der Waals surface area (Å²) in [6.45, 7) is 6.55. The Kier molecular flexibility index (Phi) is 5.94. The summed E-state index contributed by atoms with van der Waals surface area (Å²) in [6, 6.07) is 8.79. The van der Waals surface area contributed by atoms with Crippen molar-refractivity contribution in [3.05, 3.63) is 41.0 Å². The minimum Gasteiger partial charge on any atom is -0.370 e. The Bertz CT molecular complexity index is 917. The number of thioether (sulfide) groups is 1. The highest BCUT2D eigenvalue weighted by molar-refractivity contribution is 7.99. The van der Waals surface area contributed by atoms with Crippen LogP contribution in [0.5, 0.6) is 0 Å². The zero-order valence-corrected chi connectivity index (χ0v) is 16.9. The quantitative estimate of drug-likeness (QED) is 0.347. The lowest BCUT2D eigenvalue weighted by Gasteiger charge is -2.09. The van der Waals surface area contributed by atoms with Gasteiger partial charge in [-0.05, 0) is 30.4 Å². The number of thiophene rings is 1. The van der Waals surface area contributed by atoms with Crippen LogP contribution in [0.3, 0.4) is 0 Å². The Morgan fingerprint density at radius 3 is 2.62 bits per heavy atom. The number of primary amides is 1. The molecule has 1 aromatic carbocycles. The van der Waals surface area contributed by atoms with Gasteiger partial charge in [0.15, 0.2) is 0 Å². The van der Waals surface area contributed by atoms with Crippen LogP contribution in [0.1, 0.15) is 43.0 Å². The molecule has 0 unspecified atom stereocenters. The van der Waals surface area contributed by atoms with E-state index in [4.69, 9.17) is 5.73 Å². The van der Waals surface area contributed by atoms with Gasteiger partial charge >= 0.3 is 0 Å². The van der Waals surface area contributed by atoms with Crippen molar-refractivity contribution >= 4 is 39.2 Å². The molecule has 26 heavy (non-hydrogen) atoms. The zero-order valence-electron chi connectivity index (χ0n) is 15.3. The number of nitrogens with zero attached hydrogens (tertiary/aromatic N) is 2. The molecular weight excluding hydrogens is 362 g/mol. The Morgan fingerprint density at radius 1 is 1.23 bits per heavy atom. The number of fused-ring (bicyclic) bond motifs is 1. The Balaban J connectivity index is 1.97. The van der Waals surface area contributed by atoms with Crippen molar-refractivity contribution in [2.75, 3.05) is 5.75 Å². The highest BCUT2D eigenvalue weighted by Gasteiger charge is 2.17. The molecule has 1 amide bonds. The second kappa shape index (κ2) is 8.18. The Morgan fingerprint density at radius 2 is 1.96 bits per heavy atom. The van der Waals surface area contributed by atoms with Gasteiger partial charge in [0.2, 0.25) is 5.91 Å². The molecule has 0 atom stereocenters. The van der Waals surface area contributed by atoms with E-state index in [0.29, 0.717) is 12.3 Å². The second-order valence-corrected chi connectivity index (χ2v) is 8.87. The van der Waals surface area contributed by atoms with E-state index in [1.807, 2.05) is 0 Å². The normalized spacial score (nSPS) is 11.4. The van der Waals surface area contributed by atoms with Crippen molar-refractivity contribution in [3.8, 4) is 11.1 Å². The average Bonchev–Trinajstić information content (AvgIpc) is 2.95. The maximum atomic E-state index is 10.9. The summed E-state index contributed by atoms with van der Waals surface area (Å²) in [5.41, 5.74) is 8.98. The number of nitrogens with two attached hydrogens (primary N) is 1. The lowest BCUT2D eigenvalue weighted by Crippen LogP contribution is -2.10. The van der Waals surface area contributed by atoms with Crippen LogP contribution in [0.4, 0.5) is 0 Å². The number of hydrogen-bond acceptors (Lipinski definition) is 5. The van der Waals surface area contributed by atoms with Crippen LogP contribution in [0, 0.1) is 6.92 Å². The molecule has 0 fully saturated rings. The molecule has 4 nitrogen and oxygen atoms in total. The minimum atomic E-state index is -0.254. The summed E-state index contributed by atoms with van der Waals surface area (Å²) in [4.78, 5) is 22.2. The smallest absolute Gasteiger partial charge is 0.217 e. The van der Waals surface area contributed by atoms with E-state index >= 15 is 0 Å². The summed E-state index contributed by atoms with van der Waals surface area (Å²) in [5, 5.41) is 2.10. The van der Waals surface area contributed by atoms with Crippen molar-refractivity contribution in [3.63, 3.8) is 0 Å². The molecule has 3 rings (SSSR count). The van der Waals surface area contributed by atoms with Gasteiger partial charge in [0.1, 0.15) is 16.2 Å². The van der Waals surface area contributed by atoms with Crippen LogP contribution in [-0.4, -0.2) is 21.6 Å². The van der Waals surface area contributed by atoms with Crippen LogP contribution in [0.25, 0.3) is 21.3 Å². The monoisotopic (exact) mass is 385 g/mol. The highest BCUT2D eigenvalue weighted by Crippen LogP contribution is 2.41. The summed E-state index contributed by atoms with van der Waals surface area (Å²) in [5.74, 6) is 1.08. The zero-order chi connectivity index (χ0) is 18.7. The molecule has 0 radical (unpaired) electrons. The summed E-state index contributed by atoms with van der Waals surface area (Å²) in [6.07, 6.45) is 2.79. The van der Waals surface area contributed by atoms with Crippen LogP contribution >= 0.6 is 23.1 Å². The van der Waals surface area contributed by atoms with E-state index in [2.05, 4.69) is 55.0 Å². The molecule has 6 heteroatoms. The molecule has 0 aliphatic heterocycles. The molecule has 3 aromatic rings. The van der Waals surface area contributed by atoms with Gasteiger partial charge in [-0.15, -0.1) is 23.1 Å². The van der Waals surface area contributed by atoms with E-state index in [9.17, 15) is 4.79 Å². The fraction of sp³-hybridized carbons (Fsp3) is 0.350. The van der Waals surface area contributed by atoms with Crippen LogP contribution in [-0.2, 0) is 4.79 Å². The van der Waals surface area contributed by atoms with Crippen molar-refractivity contribution in [2.24, 2.45) is 5.73 Å². The number of rotatable bonds is 7. The number of aryl methyl sites for hydroxylation is 1. The highest BCUT2D eigenvalue weighted by atomic mass is 32.2. The van der Waals surface area contributed by atoms with Gasteiger partial charge in [0, 0.05) is 22.6 Å². The Labute approximate surface area is 162 Å². The SMILES string of the molecule is Cc1sc2ncnc(SCCCC(N)=O)c2c1-c1ccc(C(C)C)cc1. The van der Waals surface area contributed by atoms with Gasteiger partial charge in [0.05, 0.1) is 5.39 Å². The van der Waals surface area contributed by atoms with Crippen molar-refractivity contribution in [1.29, 1.82) is 0 Å². The third kappa shape index (κ3) is 4.07. The van der Waals surface area contributed by atoms with Crippen molar-refractivity contribution < 1.29 is 4.79 Å².